The van der Waals surface area contributed by atoms with Gasteiger partial charge in [0.05, 0.1) is 17.7 Å². The van der Waals surface area contributed by atoms with Gasteiger partial charge in [-0.15, -0.1) is 0 Å². The van der Waals surface area contributed by atoms with Crippen molar-refractivity contribution < 1.29 is 17.9 Å². The van der Waals surface area contributed by atoms with Crippen LogP contribution in [0, 0.1) is 6.92 Å². The van der Waals surface area contributed by atoms with E-state index in [4.69, 9.17) is 4.74 Å². The summed E-state index contributed by atoms with van der Waals surface area (Å²) in [6, 6.07) is 4.05. The van der Waals surface area contributed by atoms with Gasteiger partial charge in [-0.25, -0.2) is 4.99 Å². The first kappa shape index (κ1) is 11.0. The average molecular weight is 229 g/mol. The quantitative estimate of drug-likeness (QED) is 0.725. The SMILES string of the molecule is Cc1cccc(C(F)(F)F)c1C1=NCCO1. The van der Waals surface area contributed by atoms with Gasteiger partial charge in [0.1, 0.15) is 6.61 Å². The molecule has 0 radical (unpaired) electrons. The van der Waals surface area contributed by atoms with Gasteiger partial charge < -0.3 is 4.74 Å². The van der Waals surface area contributed by atoms with Crippen LogP contribution in [0.3, 0.4) is 0 Å². The maximum absolute atomic E-state index is 12.8. The molecule has 2 rings (SSSR count). The van der Waals surface area contributed by atoms with E-state index < -0.39 is 11.7 Å². The second-order valence-electron chi connectivity index (χ2n) is 3.53. The third-order valence-corrected chi connectivity index (χ3v) is 2.38. The first-order valence-corrected chi connectivity index (χ1v) is 4.84. The van der Waals surface area contributed by atoms with E-state index in [1.54, 1.807) is 13.0 Å². The molecule has 0 unspecified atom stereocenters. The molecular formula is C11H10F3NO. The molecule has 0 N–H and O–H groups in total. The number of alkyl halides is 3. The van der Waals surface area contributed by atoms with Crippen LogP contribution in [-0.4, -0.2) is 19.0 Å². The summed E-state index contributed by atoms with van der Waals surface area (Å²) in [4.78, 5) is 3.94. The smallest absolute Gasteiger partial charge is 0.417 e. The average Bonchev–Trinajstić information content (AvgIpc) is 2.68. The predicted molar refractivity (Wildman–Crippen MR) is 53.5 cm³/mol. The van der Waals surface area contributed by atoms with Crippen molar-refractivity contribution >= 4 is 5.90 Å². The highest BCUT2D eigenvalue weighted by atomic mass is 19.4. The van der Waals surface area contributed by atoms with Crippen molar-refractivity contribution in [3.8, 4) is 0 Å². The lowest BCUT2D eigenvalue weighted by atomic mass is 10.0. The fourth-order valence-electron chi connectivity index (χ4n) is 1.67. The van der Waals surface area contributed by atoms with Crippen molar-refractivity contribution in [1.82, 2.24) is 0 Å². The largest absolute Gasteiger partial charge is 0.475 e. The predicted octanol–water partition coefficient (Wildman–Crippen LogP) is 2.79. The van der Waals surface area contributed by atoms with Gasteiger partial charge in [0.2, 0.25) is 5.90 Å². The third kappa shape index (κ3) is 1.89. The molecule has 1 aliphatic heterocycles. The van der Waals surface area contributed by atoms with Gasteiger partial charge in [-0.3, -0.25) is 0 Å². The van der Waals surface area contributed by atoms with Crippen LogP contribution in [0.15, 0.2) is 23.2 Å². The third-order valence-electron chi connectivity index (χ3n) is 2.38. The van der Waals surface area contributed by atoms with Crippen LogP contribution in [0.1, 0.15) is 16.7 Å². The summed E-state index contributed by atoms with van der Waals surface area (Å²) in [6.07, 6.45) is -4.38. The monoisotopic (exact) mass is 229 g/mol. The summed E-state index contributed by atoms with van der Waals surface area (Å²) in [5, 5.41) is 0. The Morgan fingerprint density at radius 3 is 2.62 bits per heavy atom. The van der Waals surface area contributed by atoms with E-state index in [0.29, 0.717) is 18.7 Å². The zero-order chi connectivity index (χ0) is 11.8. The summed E-state index contributed by atoms with van der Waals surface area (Å²) < 4.78 is 43.4. The first-order chi connectivity index (χ1) is 7.50. The lowest BCUT2D eigenvalue weighted by Gasteiger charge is -2.14. The molecule has 16 heavy (non-hydrogen) atoms. The number of halogens is 3. The van der Waals surface area contributed by atoms with Crippen molar-refractivity contribution in [2.24, 2.45) is 4.99 Å². The van der Waals surface area contributed by atoms with Gasteiger partial charge in [-0.05, 0) is 18.6 Å². The Morgan fingerprint density at radius 2 is 2.06 bits per heavy atom. The summed E-state index contributed by atoms with van der Waals surface area (Å²) in [7, 11) is 0. The first-order valence-electron chi connectivity index (χ1n) is 4.84. The van der Waals surface area contributed by atoms with Gasteiger partial charge >= 0.3 is 6.18 Å². The fraction of sp³-hybridized carbons (Fsp3) is 0.364. The summed E-state index contributed by atoms with van der Waals surface area (Å²) in [6.45, 7) is 2.39. The molecule has 0 fully saturated rings. The van der Waals surface area contributed by atoms with Crippen molar-refractivity contribution in [2.75, 3.05) is 13.2 Å². The molecular weight excluding hydrogens is 219 g/mol. The van der Waals surface area contributed by atoms with E-state index in [9.17, 15) is 13.2 Å². The molecule has 0 bridgehead atoms. The van der Waals surface area contributed by atoms with Crippen molar-refractivity contribution in [3.63, 3.8) is 0 Å². The second kappa shape index (κ2) is 3.81. The zero-order valence-corrected chi connectivity index (χ0v) is 8.64. The van der Waals surface area contributed by atoms with Gasteiger partial charge in [0, 0.05) is 0 Å². The topological polar surface area (TPSA) is 21.6 Å². The van der Waals surface area contributed by atoms with Crippen LogP contribution >= 0.6 is 0 Å². The lowest BCUT2D eigenvalue weighted by molar-refractivity contribution is -0.137. The van der Waals surface area contributed by atoms with E-state index in [2.05, 4.69) is 4.99 Å². The molecule has 0 amide bonds. The molecule has 0 aliphatic carbocycles. The Morgan fingerprint density at radius 1 is 1.31 bits per heavy atom. The van der Waals surface area contributed by atoms with Gasteiger partial charge in [-0.2, -0.15) is 13.2 Å². The van der Waals surface area contributed by atoms with Gasteiger partial charge in [-0.1, -0.05) is 12.1 Å². The number of hydrogen-bond donors (Lipinski definition) is 0. The molecule has 1 aromatic rings. The Balaban J connectivity index is 2.57. The molecule has 0 saturated heterocycles. The Labute approximate surface area is 90.8 Å². The lowest BCUT2D eigenvalue weighted by Crippen LogP contribution is -2.15. The number of aliphatic imine (C=N–C) groups is 1. The number of ether oxygens (including phenoxy) is 1. The molecule has 5 heteroatoms. The number of nitrogens with zero attached hydrogens (tertiary/aromatic N) is 1. The van der Waals surface area contributed by atoms with Crippen LogP contribution < -0.4 is 0 Å². The molecule has 0 atom stereocenters. The molecule has 0 saturated carbocycles. The van der Waals surface area contributed by atoms with Crippen molar-refractivity contribution in [2.45, 2.75) is 13.1 Å². The van der Waals surface area contributed by atoms with Gasteiger partial charge in [0.15, 0.2) is 0 Å². The van der Waals surface area contributed by atoms with Crippen LogP contribution in [0.25, 0.3) is 0 Å². The van der Waals surface area contributed by atoms with E-state index >= 15 is 0 Å². The number of benzene rings is 1. The minimum absolute atomic E-state index is 0.0625. The molecule has 0 aromatic heterocycles. The van der Waals surface area contributed by atoms with Crippen LogP contribution in [0.2, 0.25) is 0 Å². The highest BCUT2D eigenvalue weighted by molar-refractivity contribution is 5.98. The normalized spacial score (nSPS) is 15.9. The molecule has 86 valence electrons. The van der Waals surface area contributed by atoms with E-state index in [0.717, 1.165) is 6.07 Å². The Kier molecular flexibility index (Phi) is 2.61. The number of rotatable bonds is 1. The van der Waals surface area contributed by atoms with Crippen LogP contribution in [0.4, 0.5) is 13.2 Å². The number of aryl methyl sites for hydroxylation is 1. The summed E-state index contributed by atoms with van der Waals surface area (Å²) in [5.41, 5.74) is -0.101. The van der Waals surface area contributed by atoms with E-state index in [-0.39, 0.29) is 11.5 Å². The Bertz CT molecular complexity index is 437. The Hall–Kier alpha value is -1.52. The molecule has 2 nitrogen and oxygen atoms in total. The van der Waals surface area contributed by atoms with Crippen molar-refractivity contribution in [3.05, 3.63) is 34.9 Å². The van der Waals surface area contributed by atoms with E-state index in [1.807, 2.05) is 0 Å². The van der Waals surface area contributed by atoms with Crippen LogP contribution in [0.5, 0.6) is 0 Å². The summed E-state index contributed by atoms with van der Waals surface area (Å²) >= 11 is 0. The molecule has 1 heterocycles. The van der Waals surface area contributed by atoms with E-state index in [1.165, 1.54) is 6.07 Å². The summed E-state index contributed by atoms with van der Waals surface area (Å²) in [5.74, 6) is 0.102. The zero-order valence-electron chi connectivity index (χ0n) is 8.64. The highest BCUT2D eigenvalue weighted by Crippen LogP contribution is 2.34. The highest BCUT2D eigenvalue weighted by Gasteiger charge is 2.36. The minimum Gasteiger partial charge on any atom is -0.475 e. The molecule has 1 aromatic carbocycles. The van der Waals surface area contributed by atoms with Crippen molar-refractivity contribution in [1.29, 1.82) is 0 Å². The van der Waals surface area contributed by atoms with Crippen LogP contribution in [-0.2, 0) is 10.9 Å². The van der Waals surface area contributed by atoms with Gasteiger partial charge in [0.25, 0.3) is 0 Å². The maximum atomic E-state index is 12.8. The fourth-order valence-corrected chi connectivity index (χ4v) is 1.67. The maximum Gasteiger partial charge on any atom is 0.417 e. The standard InChI is InChI=1S/C11H10F3NO/c1-7-3-2-4-8(11(12,13)14)9(7)10-15-5-6-16-10/h2-4H,5-6H2,1H3. The number of hydrogen-bond acceptors (Lipinski definition) is 2. The second-order valence-corrected chi connectivity index (χ2v) is 3.53. The molecule has 0 spiro atoms. The minimum atomic E-state index is -4.38. The molecule has 1 aliphatic rings.